The van der Waals surface area contributed by atoms with Crippen LogP contribution < -0.4 is 16.2 Å². The maximum absolute atomic E-state index is 12.5. The van der Waals surface area contributed by atoms with E-state index >= 15 is 0 Å². The van der Waals surface area contributed by atoms with E-state index in [-0.39, 0.29) is 33.5 Å². The average Bonchev–Trinajstić information content (AvgIpc) is 3.30. The lowest BCUT2D eigenvalue weighted by molar-refractivity contribution is 0.520. The highest BCUT2D eigenvalue weighted by molar-refractivity contribution is 7.99. The van der Waals surface area contributed by atoms with Crippen molar-refractivity contribution in [1.29, 1.82) is 0 Å². The fourth-order valence-corrected chi connectivity index (χ4v) is 6.49. The molecule has 1 aromatic carbocycles. The summed E-state index contributed by atoms with van der Waals surface area (Å²) in [5, 5.41) is 1.46. The highest BCUT2D eigenvalue weighted by Gasteiger charge is 2.33. The molecule has 5 N–H and O–H groups in total. The second-order valence-electron chi connectivity index (χ2n) is 6.47. The van der Waals surface area contributed by atoms with E-state index < -0.39 is 20.0 Å². The highest BCUT2D eigenvalue weighted by Crippen LogP contribution is 2.30. The molecule has 0 aliphatic carbocycles. The van der Waals surface area contributed by atoms with Gasteiger partial charge in [-0.1, -0.05) is 0 Å². The molecule has 11 nitrogen and oxygen atoms in total. The number of rotatable bonds is 8. The Labute approximate surface area is 188 Å². The number of thioether (sulfide) groups is 1. The minimum atomic E-state index is -3.90. The SMILES string of the molecule is CN(C)S(=O)(=O)c1ccc2c(c1)S(=O)(=O)NC2=NCCSC(N=C(N)N)c1cscn1. The molecule has 168 valence electrons. The Hall–Kier alpha value is -2.20. The molecule has 3 rings (SSSR count). The van der Waals surface area contributed by atoms with Crippen LogP contribution in [0.2, 0.25) is 0 Å². The van der Waals surface area contributed by atoms with Crippen molar-refractivity contribution in [2.24, 2.45) is 21.5 Å². The molecule has 1 atom stereocenters. The van der Waals surface area contributed by atoms with E-state index in [0.29, 0.717) is 11.3 Å². The molecule has 31 heavy (non-hydrogen) atoms. The van der Waals surface area contributed by atoms with Crippen LogP contribution in [0, 0.1) is 0 Å². The zero-order valence-corrected chi connectivity index (χ0v) is 19.9. The van der Waals surface area contributed by atoms with Crippen molar-refractivity contribution in [2.45, 2.75) is 15.2 Å². The molecular formula is C16H21N7O4S4. The monoisotopic (exact) mass is 503 g/mol. The second kappa shape index (κ2) is 9.12. The van der Waals surface area contributed by atoms with Gasteiger partial charge in [0.05, 0.1) is 27.5 Å². The number of nitrogens with two attached hydrogens (primary N) is 2. The van der Waals surface area contributed by atoms with Gasteiger partial charge in [-0.05, 0) is 18.2 Å². The van der Waals surface area contributed by atoms with Gasteiger partial charge in [0.1, 0.15) is 11.2 Å². The largest absolute Gasteiger partial charge is 0.370 e. The smallest absolute Gasteiger partial charge is 0.263 e. The third-order valence-electron chi connectivity index (χ3n) is 4.12. The molecule has 0 amide bonds. The maximum atomic E-state index is 12.5. The number of nitrogens with one attached hydrogen (secondary N) is 1. The number of hydrogen-bond donors (Lipinski definition) is 3. The Morgan fingerprint density at radius 2 is 2.10 bits per heavy atom. The molecule has 1 aromatic heterocycles. The van der Waals surface area contributed by atoms with Gasteiger partial charge in [0, 0.05) is 30.8 Å². The van der Waals surface area contributed by atoms with Crippen LogP contribution in [0.15, 0.2) is 48.9 Å². The summed E-state index contributed by atoms with van der Waals surface area (Å²) in [6, 6.07) is 3.94. The van der Waals surface area contributed by atoms with Crippen LogP contribution in [0.1, 0.15) is 16.6 Å². The van der Waals surface area contributed by atoms with E-state index in [0.717, 1.165) is 16.1 Å². The minimum Gasteiger partial charge on any atom is -0.370 e. The fraction of sp³-hybridized carbons (Fsp3) is 0.312. The zero-order valence-electron chi connectivity index (χ0n) is 16.6. The van der Waals surface area contributed by atoms with E-state index in [1.54, 1.807) is 5.51 Å². The van der Waals surface area contributed by atoms with Crippen molar-refractivity contribution in [3.63, 3.8) is 0 Å². The molecule has 1 aliphatic heterocycles. The third-order valence-corrected chi connectivity index (χ3v) is 8.99. The normalized spacial score (nSPS) is 17.3. The summed E-state index contributed by atoms with van der Waals surface area (Å²) in [5.74, 6) is 0.598. The van der Waals surface area contributed by atoms with Crippen molar-refractivity contribution >= 4 is 54.9 Å². The number of aliphatic imine (C=N–C) groups is 2. The Morgan fingerprint density at radius 1 is 1.35 bits per heavy atom. The molecule has 0 saturated heterocycles. The third kappa shape index (κ3) is 5.17. The first-order chi connectivity index (χ1) is 14.5. The predicted octanol–water partition coefficient (Wildman–Crippen LogP) is 0.137. The van der Waals surface area contributed by atoms with Gasteiger partial charge in [0.2, 0.25) is 10.0 Å². The molecule has 0 bridgehead atoms. The molecular weight excluding hydrogens is 482 g/mol. The molecule has 1 unspecified atom stereocenters. The average molecular weight is 504 g/mol. The number of aromatic nitrogens is 1. The van der Waals surface area contributed by atoms with Crippen LogP contribution in [-0.4, -0.2) is 64.3 Å². The van der Waals surface area contributed by atoms with Gasteiger partial charge >= 0.3 is 0 Å². The molecule has 0 radical (unpaired) electrons. The van der Waals surface area contributed by atoms with Crippen molar-refractivity contribution < 1.29 is 16.8 Å². The quantitative estimate of drug-likeness (QED) is 0.259. The van der Waals surface area contributed by atoms with E-state index in [9.17, 15) is 16.8 Å². The van der Waals surface area contributed by atoms with Gasteiger partial charge in [0.25, 0.3) is 10.0 Å². The standard InChI is InChI=1S/C16H21N7O4S4/c1-23(2)31(26,27)10-3-4-11-13(7-10)30(24,25)22-14(11)19-5-6-29-15(21-16(17)18)12-8-28-9-20-12/h3-4,7-9,15H,5-6H2,1-2H3,(H,19,22)(H4,17,18,21). The lowest BCUT2D eigenvalue weighted by Crippen LogP contribution is -2.23. The first-order valence-corrected chi connectivity index (χ1v) is 13.7. The number of benzene rings is 1. The van der Waals surface area contributed by atoms with Gasteiger partial charge in [-0.25, -0.2) is 31.1 Å². The van der Waals surface area contributed by atoms with E-state index in [1.807, 2.05) is 5.38 Å². The van der Waals surface area contributed by atoms with Crippen LogP contribution in [0.25, 0.3) is 0 Å². The van der Waals surface area contributed by atoms with Crippen LogP contribution in [-0.2, 0) is 20.0 Å². The van der Waals surface area contributed by atoms with Crippen LogP contribution in [0.5, 0.6) is 0 Å². The number of amidine groups is 1. The summed E-state index contributed by atoms with van der Waals surface area (Å²) in [6.07, 6.45) is 0. The van der Waals surface area contributed by atoms with Crippen molar-refractivity contribution in [1.82, 2.24) is 14.0 Å². The topological polar surface area (TPSA) is 173 Å². The van der Waals surface area contributed by atoms with Crippen molar-refractivity contribution in [3.05, 3.63) is 40.3 Å². The second-order valence-corrected chi connectivity index (χ2v) is 12.2. The summed E-state index contributed by atoms with van der Waals surface area (Å²) < 4.78 is 53.0. The van der Waals surface area contributed by atoms with E-state index in [2.05, 4.69) is 19.7 Å². The zero-order chi connectivity index (χ0) is 22.8. The highest BCUT2D eigenvalue weighted by atomic mass is 32.2. The van der Waals surface area contributed by atoms with Gasteiger partial charge < -0.3 is 11.5 Å². The lowest BCUT2D eigenvalue weighted by Gasteiger charge is -2.11. The summed E-state index contributed by atoms with van der Waals surface area (Å²) in [4.78, 5) is 12.5. The van der Waals surface area contributed by atoms with Gasteiger partial charge in [-0.3, -0.25) is 9.71 Å². The fourth-order valence-electron chi connectivity index (χ4n) is 2.64. The Morgan fingerprint density at radius 3 is 2.71 bits per heavy atom. The van der Waals surface area contributed by atoms with Crippen LogP contribution in [0.3, 0.4) is 0 Å². The van der Waals surface area contributed by atoms with Crippen LogP contribution >= 0.6 is 23.1 Å². The lowest BCUT2D eigenvalue weighted by atomic mass is 10.2. The Balaban J connectivity index is 1.78. The van der Waals surface area contributed by atoms with Gasteiger partial charge in [-0.15, -0.1) is 23.1 Å². The van der Waals surface area contributed by atoms with E-state index in [4.69, 9.17) is 11.5 Å². The number of guanidine groups is 1. The van der Waals surface area contributed by atoms with Crippen molar-refractivity contribution in [3.8, 4) is 0 Å². The van der Waals surface area contributed by atoms with Crippen molar-refractivity contribution in [2.75, 3.05) is 26.4 Å². The Bertz CT molecular complexity index is 1220. The van der Waals surface area contributed by atoms with Crippen LogP contribution in [0.4, 0.5) is 0 Å². The number of fused-ring (bicyclic) bond motifs is 1. The summed E-state index contributed by atoms with van der Waals surface area (Å²) in [5.41, 5.74) is 13.7. The van der Waals surface area contributed by atoms with Gasteiger partial charge in [-0.2, -0.15) is 0 Å². The Kier molecular flexibility index (Phi) is 6.90. The summed E-state index contributed by atoms with van der Waals surface area (Å²) in [6.45, 7) is 0.278. The maximum Gasteiger partial charge on any atom is 0.263 e. The minimum absolute atomic E-state index is 0.0576. The summed E-state index contributed by atoms with van der Waals surface area (Å²) >= 11 is 2.83. The first kappa shape index (κ1) is 23.5. The number of thiazole rings is 1. The molecule has 0 fully saturated rings. The number of sulfonamides is 2. The molecule has 0 saturated carbocycles. The molecule has 15 heteroatoms. The predicted molar refractivity (Wildman–Crippen MR) is 122 cm³/mol. The first-order valence-electron chi connectivity index (χ1n) is 8.75. The summed E-state index contributed by atoms with van der Waals surface area (Å²) in [7, 11) is -4.92. The van der Waals surface area contributed by atoms with E-state index in [1.165, 1.54) is 49.3 Å². The molecule has 2 aromatic rings. The molecule has 1 aliphatic rings. The van der Waals surface area contributed by atoms with Gasteiger partial charge in [0.15, 0.2) is 5.96 Å². The number of nitrogens with zero attached hydrogens (tertiary/aromatic N) is 4. The molecule has 0 spiro atoms. The number of hydrogen-bond acceptors (Lipinski definition) is 9. The molecule has 2 heterocycles.